The molecule has 0 heterocycles. The van der Waals surface area contributed by atoms with E-state index in [-0.39, 0.29) is 19.4 Å². The molecule has 29 heavy (non-hydrogen) atoms. The Morgan fingerprint density at radius 1 is 0.655 bits per heavy atom. The first-order valence-electron chi connectivity index (χ1n) is 8.12. The van der Waals surface area contributed by atoms with Crippen LogP contribution in [0.5, 0.6) is 0 Å². The summed E-state index contributed by atoms with van der Waals surface area (Å²) in [5, 5.41) is 1.59. The molecule has 0 saturated carbocycles. The Morgan fingerprint density at radius 2 is 0.931 bits per heavy atom. The molecule has 0 aromatic heterocycles. The van der Waals surface area contributed by atoms with E-state index < -0.39 is 9.84 Å². The van der Waals surface area contributed by atoms with Crippen LogP contribution in [0.25, 0.3) is 0 Å². The van der Waals surface area contributed by atoms with Gasteiger partial charge in [-0.05, 0) is 48.2 Å². The molecule has 0 saturated heterocycles. The average Bonchev–Trinajstić information content (AvgIpc) is 2.66. The van der Waals surface area contributed by atoms with Crippen molar-refractivity contribution in [2.75, 3.05) is 10.7 Å². The van der Waals surface area contributed by atoms with E-state index in [4.69, 9.17) is 0 Å². The van der Waals surface area contributed by atoms with Crippen LogP contribution in [0.3, 0.4) is 0 Å². The maximum absolute atomic E-state index is 13.3. The molecule has 2 aromatic carbocycles. The van der Waals surface area contributed by atoms with Crippen LogP contribution >= 0.6 is 127 Å². The lowest BCUT2D eigenvalue weighted by atomic mass is 10.1. The minimum Gasteiger partial charge on any atom is -0.219 e. The summed E-state index contributed by atoms with van der Waals surface area (Å²) in [5.74, 6) is 0. The molecule has 0 spiro atoms. The first kappa shape index (κ1) is 27.5. The monoisotopic (exact) mass is 925 g/mol. The number of sulfone groups is 1. The molecule has 160 valence electrons. The van der Waals surface area contributed by atoms with Crippen LogP contribution in [-0.2, 0) is 22.7 Å². The van der Waals surface area contributed by atoms with Gasteiger partial charge in [-0.1, -0.05) is 127 Å². The van der Waals surface area contributed by atoms with E-state index in [1.54, 1.807) is 24.3 Å². The summed E-state index contributed by atoms with van der Waals surface area (Å²) in [6, 6.07) is 6.66. The molecule has 0 amide bonds. The van der Waals surface area contributed by atoms with Crippen LogP contribution in [-0.4, -0.2) is 28.7 Å². The molecule has 0 aliphatic rings. The van der Waals surface area contributed by atoms with Gasteiger partial charge in [0, 0.05) is 38.2 Å². The number of rotatable bonds is 8. The smallest absolute Gasteiger partial charge is 0.206 e. The Hall–Kier alpha value is 2.23. The van der Waals surface area contributed by atoms with Crippen molar-refractivity contribution in [2.45, 2.75) is 32.3 Å². The van der Waals surface area contributed by atoms with E-state index in [9.17, 15) is 8.42 Å². The standard InChI is InChI=1S/C18H14Br8O2S/c19-7-9(21)1-13-15(23)3-11(4-16(13)24)29(27,28)12-5-17(25)14(18(26)6-12)2-10(22)8-20/h3-6,9-10H,1-2,7-8H2. The second-order valence-electron chi connectivity index (χ2n) is 6.15. The summed E-state index contributed by atoms with van der Waals surface area (Å²) in [4.78, 5) is 0.954. The van der Waals surface area contributed by atoms with Crippen molar-refractivity contribution >= 4 is 137 Å². The molecule has 2 rings (SSSR count). The van der Waals surface area contributed by atoms with Crippen molar-refractivity contribution in [3.8, 4) is 0 Å². The second kappa shape index (κ2) is 12.1. The summed E-state index contributed by atoms with van der Waals surface area (Å²) in [7, 11) is -3.69. The van der Waals surface area contributed by atoms with E-state index in [1.165, 1.54) is 0 Å². The number of benzene rings is 2. The lowest BCUT2D eigenvalue weighted by Gasteiger charge is -2.15. The zero-order chi connectivity index (χ0) is 21.9. The Kier molecular flexibility index (Phi) is 11.4. The Bertz CT molecular complexity index is 874. The summed E-state index contributed by atoms with van der Waals surface area (Å²) in [5.41, 5.74) is 2.03. The molecule has 0 bridgehead atoms. The van der Waals surface area contributed by atoms with Crippen LogP contribution in [0.1, 0.15) is 11.1 Å². The molecular formula is C18H14Br8O2S. The van der Waals surface area contributed by atoms with Crippen molar-refractivity contribution in [1.29, 1.82) is 0 Å². The summed E-state index contributed by atoms with van der Waals surface area (Å²) < 4.78 is 29.6. The van der Waals surface area contributed by atoms with Gasteiger partial charge >= 0.3 is 0 Å². The molecule has 0 N–H and O–H groups in total. The van der Waals surface area contributed by atoms with Gasteiger partial charge in [-0.3, -0.25) is 0 Å². The predicted molar refractivity (Wildman–Crippen MR) is 150 cm³/mol. The van der Waals surface area contributed by atoms with Gasteiger partial charge in [0.1, 0.15) is 0 Å². The van der Waals surface area contributed by atoms with E-state index in [0.29, 0.717) is 0 Å². The fourth-order valence-corrected chi connectivity index (χ4v) is 8.64. The van der Waals surface area contributed by atoms with Gasteiger partial charge in [0.25, 0.3) is 0 Å². The Balaban J connectivity index is 2.48. The largest absolute Gasteiger partial charge is 0.219 e. The molecular weight excluding hydrogens is 919 g/mol. The molecule has 0 fully saturated rings. The van der Waals surface area contributed by atoms with Crippen molar-refractivity contribution in [3.05, 3.63) is 53.3 Å². The van der Waals surface area contributed by atoms with Crippen molar-refractivity contribution < 1.29 is 8.42 Å². The molecule has 2 unspecified atom stereocenters. The third-order valence-corrected chi connectivity index (χ3v) is 13.2. The molecule has 0 aliphatic heterocycles. The fraction of sp³-hybridized carbons (Fsp3) is 0.333. The highest BCUT2D eigenvalue weighted by Gasteiger charge is 2.24. The topological polar surface area (TPSA) is 34.1 Å². The SMILES string of the molecule is O=S(=O)(c1cc(Br)c(CC(Br)CBr)c(Br)c1)c1cc(Br)c(CC(Br)CBr)c(Br)c1. The summed E-state index contributed by atoms with van der Waals surface area (Å²) >= 11 is 28.2. The highest BCUT2D eigenvalue weighted by atomic mass is 79.9. The van der Waals surface area contributed by atoms with Gasteiger partial charge in [-0.25, -0.2) is 8.42 Å². The van der Waals surface area contributed by atoms with Gasteiger partial charge in [0.05, 0.1) is 9.79 Å². The van der Waals surface area contributed by atoms with E-state index in [1.807, 2.05) is 0 Å². The first-order chi connectivity index (χ1) is 13.5. The van der Waals surface area contributed by atoms with Gasteiger partial charge in [0.15, 0.2) is 0 Å². The fourth-order valence-electron chi connectivity index (χ4n) is 2.55. The molecule has 2 nitrogen and oxygen atoms in total. The lowest BCUT2D eigenvalue weighted by Crippen LogP contribution is -2.09. The van der Waals surface area contributed by atoms with Crippen LogP contribution in [0, 0.1) is 0 Å². The van der Waals surface area contributed by atoms with Crippen molar-refractivity contribution in [3.63, 3.8) is 0 Å². The van der Waals surface area contributed by atoms with Crippen LogP contribution in [0.2, 0.25) is 0 Å². The van der Waals surface area contributed by atoms with Gasteiger partial charge < -0.3 is 0 Å². The third-order valence-electron chi connectivity index (χ3n) is 4.04. The summed E-state index contributed by atoms with van der Waals surface area (Å²) in [6.07, 6.45) is 1.50. The van der Waals surface area contributed by atoms with E-state index >= 15 is 0 Å². The quantitative estimate of drug-likeness (QED) is 0.248. The molecule has 11 heteroatoms. The zero-order valence-electron chi connectivity index (χ0n) is 14.5. The minimum absolute atomic E-state index is 0.232. The zero-order valence-corrected chi connectivity index (χ0v) is 28.0. The molecule has 0 aliphatic carbocycles. The number of alkyl halides is 4. The van der Waals surface area contributed by atoms with Crippen LogP contribution in [0.4, 0.5) is 0 Å². The highest BCUT2D eigenvalue weighted by Crippen LogP contribution is 2.37. The highest BCUT2D eigenvalue weighted by molar-refractivity contribution is 9.12. The second-order valence-corrected chi connectivity index (χ2v) is 15.4. The predicted octanol–water partition coefficient (Wildman–Crippen LogP) is 8.97. The molecule has 2 atom stereocenters. The van der Waals surface area contributed by atoms with Crippen LogP contribution in [0.15, 0.2) is 51.9 Å². The normalized spacial score (nSPS) is 14.1. The maximum atomic E-state index is 13.3. The average molecular weight is 934 g/mol. The van der Waals surface area contributed by atoms with Gasteiger partial charge in [0.2, 0.25) is 9.84 Å². The molecule has 0 radical (unpaired) electrons. The van der Waals surface area contributed by atoms with Gasteiger partial charge in [-0.2, -0.15) is 0 Å². The number of hydrogen-bond donors (Lipinski definition) is 0. The lowest BCUT2D eigenvalue weighted by molar-refractivity contribution is 0.595. The first-order valence-corrected chi connectivity index (χ1v) is 16.8. The maximum Gasteiger partial charge on any atom is 0.206 e. The van der Waals surface area contributed by atoms with Crippen LogP contribution < -0.4 is 0 Å². The van der Waals surface area contributed by atoms with Gasteiger partial charge in [-0.15, -0.1) is 0 Å². The minimum atomic E-state index is -3.69. The number of halogens is 8. The number of hydrogen-bond acceptors (Lipinski definition) is 2. The summed E-state index contributed by atoms with van der Waals surface area (Å²) in [6.45, 7) is 0. The van der Waals surface area contributed by atoms with E-state index in [0.717, 1.165) is 52.5 Å². The van der Waals surface area contributed by atoms with Crippen molar-refractivity contribution in [2.24, 2.45) is 0 Å². The third kappa shape index (κ3) is 7.11. The Morgan fingerprint density at radius 3 is 1.17 bits per heavy atom. The Labute approximate surface area is 238 Å². The van der Waals surface area contributed by atoms with E-state index in [2.05, 4.69) is 127 Å². The molecule has 2 aromatic rings. The van der Waals surface area contributed by atoms with Crippen molar-refractivity contribution in [1.82, 2.24) is 0 Å².